The van der Waals surface area contributed by atoms with Crippen molar-refractivity contribution in [3.63, 3.8) is 0 Å². The van der Waals surface area contributed by atoms with Gasteiger partial charge in [-0.2, -0.15) is 0 Å². The van der Waals surface area contributed by atoms with E-state index in [2.05, 4.69) is 17.5 Å². The van der Waals surface area contributed by atoms with E-state index < -0.39 is 0 Å². The maximum Gasteiger partial charge on any atom is 0.122 e. The van der Waals surface area contributed by atoms with Crippen molar-refractivity contribution >= 4 is 0 Å². The van der Waals surface area contributed by atoms with Crippen LogP contribution in [0.5, 0.6) is 0 Å². The lowest BCUT2D eigenvalue weighted by molar-refractivity contribution is -0.0810. The van der Waals surface area contributed by atoms with Crippen LogP contribution in [0.2, 0.25) is 0 Å². The van der Waals surface area contributed by atoms with Crippen molar-refractivity contribution in [3.8, 4) is 0 Å². The van der Waals surface area contributed by atoms with E-state index in [1.807, 2.05) is 7.11 Å². The fourth-order valence-corrected chi connectivity index (χ4v) is 3.75. The second-order valence-electron chi connectivity index (χ2n) is 4.93. The molecule has 1 N–H and O–H groups in total. The van der Waals surface area contributed by atoms with E-state index in [9.17, 15) is 0 Å². The molecule has 0 aromatic heterocycles. The highest BCUT2D eigenvalue weighted by Gasteiger charge is 2.54. The van der Waals surface area contributed by atoms with Gasteiger partial charge >= 0.3 is 0 Å². The van der Waals surface area contributed by atoms with Gasteiger partial charge in [-0.15, -0.1) is 0 Å². The second-order valence-corrected chi connectivity index (χ2v) is 4.93. The van der Waals surface area contributed by atoms with Crippen molar-refractivity contribution in [2.45, 2.75) is 43.9 Å². The van der Waals surface area contributed by atoms with Crippen LogP contribution in [0.4, 0.5) is 0 Å². The molecule has 0 saturated carbocycles. The third-order valence-corrected chi connectivity index (χ3v) is 4.39. The number of allylic oxidation sites excluding steroid dienone is 1. The predicted molar refractivity (Wildman–Crippen MR) is 55.9 cm³/mol. The molecule has 0 spiro atoms. The number of rotatable bonds is 1. The molecular formula is C12H19NO. The maximum absolute atomic E-state index is 5.79. The maximum atomic E-state index is 5.79. The molecule has 0 radical (unpaired) electrons. The summed E-state index contributed by atoms with van der Waals surface area (Å²) in [5, 5.41) is 3.72. The Kier molecular flexibility index (Phi) is 1.96. The fraction of sp³-hybridized carbons (Fsp3) is 0.833. The van der Waals surface area contributed by atoms with Gasteiger partial charge in [0.25, 0.3) is 0 Å². The lowest BCUT2D eigenvalue weighted by atomic mass is 9.79. The van der Waals surface area contributed by atoms with Crippen molar-refractivity contribution in [3.05, 3.63) is 12.2 Å². The van der Waals surface area contributed by atoms with Gasteiger partial charge < -0.3 is 4.74 Å². The van der Waals surface area contributed by atoms with Gasteiger partial charge in [0.05, 0.1) is 0 Å². The van der Waals surface area contributed by atoms with Crippen LogP contribution in [0.1, 0.15) is 32.1 Å². The van der Waals surface area contributed by atoms with E-state index in [1.54, 1.807) is 0 Å². The Morgan fingerprint density at radius 3 is 3.21 bits per heavy atom. The minimum atomic E-state index is 0.0261. The molecule has 4 atom stereocenters. The first-order valence-electron chi connectivity index (χ1n) is 5.85. The molecular weight excluding hydrogens is 174 g/mol. The molecule has 2 unspecified atom stereocenters. The number of hydrogen-bond donors (Lipinski definition) is 1. The second kappa shape index (κ2) is 3.07. The zero-order chi connectivity index (χ0) is 9.60. The van der Waals surface area contributed by atoms with Gasteiger partial charge in [0.2, 0.25) is 0 Å². The number of hydrogen-bond acceptors (Lipinski definition) is 2. The first kappa shape index (κ1) is 8.93. The Balaban J connectivity index is 1.96. The van der Waals surface area contributed by atoms with Crippen LogP contribution in [0.25, 0.3) is 0 Å². The summed E-state index contributed by atoms with van der Waals surface area (Å²) in [4.78, 5) is 0. The third-order valence-electron chi connectivity index (χ3n) is 4.39. The van der Waals surface area contributed by atoms with Gasteiger partial charge in [-0.1, -0.05) is 12.2 Å². The standard InChI is InChI=1S/C12H19NO/c1-14-12-8-4-7-11(13-12)9-5-2-3-6-10(9)12/h2,5,9-11,13H,3-4,6-8H2,1H3/t9?,10?,11-,12-/m1/s1. The average molecular weight is 193 g/mol. The normalized spacial score (nSPS) is 50.5. The van der Waals surface area contributed by atoms with Crippen LogP contribution >= 0.6 is 0 Å². The Labute approximate surface area is 85.7 Å². The molecule has 1 aliphatic carbocycles. The van der Waals surface area contributed by atoms with E-state index in [0.717, 1.165) is 11.8 Å². The lowest BCUT2D eigenvalue weighted by Crippen LogP contribution is -2.51. The number of piperidine rings is 1. The molecule has 2 heterocycles. The van der Waals surface area contributed by atoms with Crippen LogP contribution in [-0.4, -0.2) is 18.9 Å². The summed E-state index contributed by atoms with van der Waals surface area (Å²) in [6.45, 7) is 0. The number of methoxy groups -OCH3 is 1. The number of nitrogens with one attached hydrogen (secondary N) is 1. The van der Waals surface area contributed by atoms with E-state index in [0.29, 0.717) is 6.04 Å². The Morgan fingerprint density at radius 1 is 1.43 bits per heavy atom. The van der Waals surface area contributed by atoms with Gasteiger partial charge in [0.1, 0.15) is 5.72 Å². The monoisotopic (exact) mass is 193 g/mol. The third kappa shape index (κ3) is 1.04. The van der Waals surface area contributed by atoms with Gasteiger partial charge in [0.15, 0.2) is 0 Å². The molecule has 2 nitrogen and oxygen atoms in total. The van der Waals surface area contributed by atoms with Crippen LogP contribution in [0, 0.1) is 11.8 Å². The van der Waals surface area contributed by atoms with E-state index in [4.69, 9.17) is 4.74 Å². The average Bonchev–Trinajstić information content (AvgIpc) is 2.50. The SMILES string of the molecule is CO[C@@]12CCC[C@@H](N1)C1C=CCCC12. The number of fused-ring (bicyclic) bond motifs is 5. The first-order chi connectivity index (χ1) is 6.86. The quantitative estimate of drug-likeness (QED) is 0.644. The molecule has 2 bridgehead atoms. The van der Waals surface area contributed by atoms with Crippen LogP contribution in [0.15, 0.2) is 12.2 Å². The summed E-state index contributed by atoms with van der Waals surface area (Å²) in [5.74, 6) is 1.47. The van der Waals surface area contributed by atoms with Crippen molar-refractivity contribution < 1.29 is 4.74 Å². The van der Waals surface area contributed by atoms with Crippen LogP contribution in [0.3, 0.4) is 0 Å². The molecule has 78 valence electrons. The summed E-state index contributed by atoms with van der Waals surface area (Å²) in [6, 6.07) is 0.685. The molecule has 0 aromatic carbocycles. The van der Waals surface area contributed by atoms with Crippen LogP contribution < -0.4 is 5.32 Å². The van der Waals surface area contributed by atoms with Crippen molar-refractivity contribution in [1.29, 1.82) is 0 Å². The molecule has 3 aliphatic rings. The highest BCUT2D eigenvalue weighted by atomic mass is 16.5. The van der Waals surface area contributed by atoms with Crippen LogP contribution in [-0.2, 0) is 4.74 Å². The largest absolute Gasteiger partial charge is 0.364 e. The molecule has 2 aliphatic heterocycles. The molecule has 2 heteroatoms. The summed E-state index contributed by atoms with van der Waals surface area (Å²) in [5.41, 5.74) is 0.0261. The van der Waals surface area contributed by atoms with Crippen molar-refractivity contribution in [1.82, 2.24) is 5.32 Å². The summed E-state index contributed by atoms with van der Waals surface area (Å²) in [7, 11) is 1.87. The molecule has 2 saturated heterocycles. The highest BCUT2D eigenvalue weighted by Crippen LogP contribution is 2.48. The minimum absolute atomic E-state index is 0.0261. The summed E-state index contributed by atoms with van der Waals surface area (Å²) < 4.78 is 5.79. The van der Waals surface area contributed by atoms with Gasteiger partial charge in [-0.3, -0.25) is 5.32 Å². The van der Waals surface area contributed by atoms with Gasteiger partial charge in [-0.05, 0) is 38.0 Å². The summed E-state index contributed by atoms with van der Waals surface area (Å²) >= 11 is 0. The molecule has 14 heavy (non-hydrogen) atoms. The Bertz CT molecular complexity index is 263. The van der Waals surface area contributed by atoms with E-state index in [1.165, 1.54) is 32.1 Å². The zero-order valence-corrected chi connectivity index (χ0v) is 8.83. The zero-order valence-electron chi connectivity index (χ0n) is 8.83. The summed E-state index contributed by atoms with van der Waals surface area (Å²) in [6.07, 6.45) is 11.2. The number of ether oxygens (including phenoxy) is 1. The Morgan fingerprint density at radius 2 is 2.36 bits per heavy atom. The van der Waals surface area contributed by atoms with Crippen molar-refractivity contribution in [2.75, 3.05) is 7.11 Å². The topological polar surface area (TPSA) is 21.3 Å². The lowest BCUT2D eigenvalue weighted by Gasteiger charge is -2.37. The van der Waals surface area contributed by atoms with Crippen molar-refractivity contribution in [2.24, 2.45) is 11.8 Å². The smallest absolute Gasteiger partial charge is 0.122 e. The molecule has 0 amide bonds. The predicted octanol–water partition coefficient (Wildman–Crippen LogP) is 2.07. The Hall–Kier alpha value is -0.340. The minimum Gasteiger partial charge on any atom is -0.364 e. The van der Waals surface area contributed by atoms with Gasteiger partial charge in [0, 0.05) is 19.1 Å². The molecule has 3 rings (SSSR count). The molecule has 2 fully saturated rings. The van der Waals surface area contributed by atoms with E-state index in [-0.39, 0.29) is 5.72 Å². The first-order valence-corrected chi connectivity index (χ1v) is 5.85. The van der Waals surface area contributed by atoms with E-state index >= 15 is 0 Å². The van der Waals surface area contributed by atoms with Gasteiger partial charge in [-0.25, -0.2) is 0 Å². The fourth-order valence-electron chi connectivity index (χ4n) is 3.75. The molecule has 0 aromatic rings. The highest BCUT2D eigenvalue weighted by molar-refractivity contribution is 5.14.